The number of nitrogens with zero attached hydrogens (tertiary/aromatic N) is 10. The molecule has 8 aromatic heterocycles. The van der Waals surface area contributed by atoms with E-state index in [-0.39, 0.29) is 44.6 Å². The summed E-state index contributed by atoms with van der Waals surface area (Å²) in [4.78, 5) is 82.5. The zero-order valence-electron chi connectivity index (χ0n) is 63.9. The molecule has 1 fully saturated rings. The first-order valence-corrected chi connectivity index (χ1v) is 41.6. The zero-order valence-corrected chi connectivity index (χ0v) is 69.3. The third-order valence-corrected chi connectivity index (χ3v) is 22.3. The van der Waals surface area contributed by atoms with Crippen molar-refractivity contribution in [1.29, 1.82) is 0 Å². The molecule has 13 aromatic rings. The SMILES string of the molecule is COCCNc1ccc(C(=O)Nc2ccc(Cl)c(-c3ccccn3)c2)c(C)n1.C[C@@H](O)CNS(=O)(=O)c1ccc(C(=O)Nc2ccc(Cl)c(-c3ccccn3)c2)cc1.O=C(Nc1ccc(Cl)c(-c2ccccn2)c1)c1ccc(-n2cccn2)nc1.O=C(Nc1ccc(Cl)c(-c2ccccn2)c1)c1cnc(S(=O)(=O)CCN2CCOCC2)c(Cl)c1. The molecule has 34 heteroatoms. The number of halogens is 5. The quantitative estimate of drug-likeness (QED) is 0.0261. The largest absolute Gasteiger partial charge is 0.392 e. The molecule has 119 heavy (non-hydrogen) atoms. The van der Waals surface area contributed by atoms with Crippen molar-refractivity contribution in [3.63, 3.8) is 0 Å². The van der Waals surface area contributed by atoms with Gasteiger partial charge in [-0.05, 0) is 196 Å². The Kier molecular flexibility index (Phi) is 31.5. The first kappa shape index (κ1) is 88.0. The predicted octanol–water partition coefficient (Wildman–Crippen LogP) is 15.8. The van der Waals surface area contributed by atoms with Gasteiger partial charge < -0.3 is 41.2 Å². The average molecular weight is 1740 g/mol. The lowest BCUT2D eigenvalue weighted by Gasteiger charge is -2.26. The number of aryl methyl sites for hydroxylation is 1. The second-order valence-corrected chi connectivity index (χ2v) is 31.9. The van der Waals surface area contributed by atoms with Gasteiger partial charge in [-0.1, -0.05) is 82.3 Å². The number of carbonyl (C=O) groups excluding carboxylic acids is 4. The number of sulfonamides is 1. The van der Waals surface area contributed by atoms with Crippen LogP contribution in [0.3, 0.4) is 0 Å². The number of rotatable bonds is 25. The standard InChI is InChI=1S/C23H22Cl2N4O4S.C21H21ClN4O2.C21H20ClN3O4S.C20H14ClN5O/c24-19-5-4-17(14-18(19)21-3-1-2-6-26-21)28-22(30)16-13-20(25)23(27-15-16)34(31,32)12-9-29-7-10-33-11-8-29;1-14-16(7-9-20(25-14)24-11-12-28-2)21(27)26-15-6-8-18(22)17(13-15)19-5-3-4-10-23-19;1-14(26)13-24-30(28,29)17-8-5-15(6-9-17)21(27)25-16-7-10-19(22)18(12-16)20-4-2-3-11-23-20;21-17-7-6-15(12-16(17)18-4-1-2-9-22-18)25-20(27)14-5-8-19(23-13-14)26-11-3-10-24-26/h1-6,13-15H,7-12H2,(H,28,30);3-10,13H,11-12H2,1-2H3,(H,24,25)(H,26,27);2-12,14,24,26H,13H2,1H3,(H,25,27);1-13H,(H,25,27)/t;;14-;/m..1./s1. The van der Waals surface area contributed by atoms with Gasteiger partial charge in [0.15, 0.2) is 20.7 Å². The fraction of sp³-hybridized carbons (Fsp3) is 0.153. The molecule has 9 heterocycles. The van der Waals surface area contributed by atoms with E-state index in [9.17, 15) is 41.1 Å². The lowest BCUT2D eigenvalue weighted by Crippen LogP contribution is -2.39. The Morgan fingerprint density at radius 2 is 0.975 bits per heavy atom. The van der Waals surface area contributed by atoms with E-state index in [4.69, 9.17) is 67.5 Å². The Morgan fingerprint density at radius 1 is 0.513 bits per heavy atom. The third kappa shape index (κ3) is 25.1. The maximum atomic E-state index is 12.8. The molecule has 5 aromatic carbocycles. The van der Waals surface area contributed by atoms with Crippen LogP contribution in [0.15, 0.2) is 266 Å². The van der Waals surface area contributed by atoms with Crippen molar-refractivity contribution in [3.8, 4) is 50.8 Å². The number of pyridine rings is 7. The summed E-state index contributed by atoms with van der Waals surface area (Å²) >= 11 is 31.4. The van der Waals surface area contributed by atoms with Crippen LogP contribution >= 0.6 is 58.0 Å². The van der Waals surface area contributed by atoms with Crippen LogP contribution in [0.5, 0.6) is 0 Å². The summed E-state index contributed by atoms with van der Waals surface area (Å²) in [6.45, 7) is 7.31. The van der Waals surface area contributed by atoms with Crippen molar-refractivity contribution in [3.05, 3.63) is 309 Å². The molecule has 4 amide bonds. The van der Waals surface area contributed by atoms with Crippen molar-refractivity contribution < 1.29 is 50.6 Å². The highest BCUT2D eigenvalue weighted by atomic mass is 35.5. The predicted molar refractivity (Wildman–Crippen MR) is 463 cm³/mol. The number of aromatic nitrogens is 9. The Morgan fingerprint density at radius 3 is 1.39 bits per heavy atom. The summed E-state index contributed by atoms with van der Waals surface area (Å²) in [5.41, 5.74) is 9.98. The van der Waals surface area contributed by atoms with Crippen molar-refractivity contribution in [2.24, 2.45) is 0 Å². The lowest BCUT2D eigenvalue weighted by molar-refractivity contribution is 0.0408. The van der Waals surface area contributed by atoms with Crippen LogP contribution in [0.1, 0.15) is 54.0 Å². The topological polar surface area (TPSA) is 359 Å². The minimum absolute atomic E-state index is 0.00336. The highest BCUT2D eigenvalue weighted by Gasteiger charge is 2.25. The van der Waals surface area contributed by atoms with E-state index in [1.165, 1.54) is 49.6 Å². The van der Waals surface area contributed by atoms with E-state index < -0.39 is 37.8 Å². The van der Waals surface area contributed by atoms with Gasteiger partial charge in [-0.3, -0.25) is 44.0 Å². The number of benzene rings is 5. The minimum atomic E-state index is -3.76. The zero-order chi connectivity index (χ0) is 84.4. The van der Waals surface area contributed by atoms with Crippen molar-refractivity contribution >= 4 is 130 Å². The number of sulfone groups is 1. The second kappa shape index (κ2) is 42.5. The normalized spacial score (nSPS) is 12.2. The van der Waals surface area contributed by atoms with Gasteiger partial charge in [0.2, 0.25) is 10.0 Å². The number of ether oxygens (including phenoxy) is 2. The summed E-state index contributed by atoms with van der Waals surface area (Å²) in [5, 5.41) is 29.6. The summed E-state index contributed by atoms with van der Waals surface area (Å²) in [7, 11) is -5.83. The van der Waals surface area contributed by atoms with E-state index in [1.54, 1.807) is 159 Å². The molecule has 1 aliphatic rings. The van der Waals surface area contributed by atoms with Crippen molar-refractivity contribution in [1.82, 2.24) is 54.3 Å². The van der Waals surface area contributed by atoms with Gasteiger partial charge in [0.1, 0.15) is 5.82 Å². The number of methoxy groups -OCH3 is 1. The molecule has 0 unspecified atom stereocenters. The van der Waals surface area contributed by atoms with E-state index >= 15 is 0 Å². The fourth-order valence-electron chi connectivity index (χ4n) is 11.4. The highest BCUT2D eigenvalue weighted by Crippen LogP contribution is 2.34. The van der Waals surface area contributed by atoms with Gasteiger partial charge >= 0.3 is 0 Å². The van der Waals surface area contributed by atoms with Crippen LogP contribution in [0.2, 0.25) is 25.1 Å². The maximum Gasteiger partial charge on any atom is 0.257 e. The number of carbonyl (C=O) groups is 4. The second-order valence-electron chi connectivity index (χ2n) is 26.1. The number of amides is 4. The van der Waals surface area contributed by atoms with Crippen molar-refractivity contribution in [2.75, 3.05) is 92.0 Å². The molecule has 0 spiro atoms. The monoisotopic (exact) mass is 1740 g/mol. The Bertz CT molecular complexity index is 5890. The van der Waals surface area contributed by atoms with Gasteiger partial charge in [-0.2, -0.15) is 5.10 Å². The van der Waals surface area contributed by atoms with Crippen LogP contribution in [0.4, 0.5) is 28.6 Å². The maximum absolute atomic E-state index is 12.8. The molecule has 7 N–H and O–H groups in total. The van der Waals surface area contributed by atoms with Crippen LogP contribution < -0.4 is 31.3 Å². The summed E-state index contributed by atoms with van der Waals surface area (Å²) in [6.07, 6.45) is 12.1. The van der Waals surface area contributed by atoms with Gasteiger partial charge in [-0.25, -0.2) is 41.2 Å². The molecule has 1 saturated heterocycles. The molecule has 27 nitrogen and oxygen atoms in total. The lowest BCUT2D eigenvalue weighted by atomic mass is 10.1. The summed E-state index contributed by atoms with van der Waals surface area (Å²) in [6, 6.07) is 58.4. The molecule has 1 atom stereocenters. The van der Waals surface area contributed by atoms with Crippen molar-refractivity contribution in [2.45, 2.75) is 29.9 Å². The number of anilines is 5. The smallest absolute Gasteiger partial charge is 0.257 e. The number of hydrogen-bond donors (Lipinski definition) is 7. The van der Waals surface area contributed by atoms with E-state index in [1.807, 2.05) is 77.7 Å². The van der Waals surface area contributed by atoms with E-state index in [2.05, 4.69) is 71.3 Å². The molecule has 0 saturated carbocycles. The van der Waals surface area contributed by atoms with E-state index in [0.717, 1.165) is 22.5 Å². The molecular weight excluding hydrogens is 1660 g/mol. The van der Waals surface area contributed by atoms with Crippen LogP contribution in [0, 0.1) is 6.92 Å². The number of aliphatic hydroxyl groups excluding tert-OH is 1. The first-order chi connectivity index (χ1) is 57.4. The van der Waals surface area contributed by atoms with Crippen LogP contribution in [-0.2, 0) is 29.3 Å². The summed E-state index contributed by atoms with van der Waals surface area (Å²) in [5.74, 6) is -0.153. The highest BCUT2D eigenvalue weighted by molar-refractivity contribution is 7.91. The average Bonchev–Trinajstić information content (AvgIpc) is 1.19. The molecule has 0 radical (unpaired) electrons. The van der Waals surface area contributed by atoms with Gasteiger partial charge in [-0.15, -0.1) is 0 Å². The van der Waals surface area contributed by atoms with Crippen LogP contribution in [-0.4, -0.2) is 167 Å². The van der Waals surface area contributed by atoms with Gasteiger partial charge in [0.05, 0.1) is 107 Å². The van der Waals surface area contributed by atoms with Gasteiger partial charge in [0, 0.05) is 140 Å². The minimum Gasteiger partial charge on any atom is -0.392 e. The number of aliphatic hydroxyl groups is 1. The molecule has 610 valence electrons. The molecule has 1 aliphatic heterocycles. The molecular formula is C85H77Cl5N16O11S2. The first-order valence-electron chi connectivity index (χ1n) is 36.6. The Labute approximate surface area is 711 Å². The molecule has 0 bridgehead atoms. The Balaban J connectivity index is 0.000000156. The summed E-state index contributed by atoms with van der Waals surface area (Å²) < 4.78 is 64.0. The third-order valence-electron chi connectivity index (χ3n) is 17.5. The van der Waals surface area contributed by atoms with E-state index in [0.29, 0.717) is 145 Å². The number of hydrogen-bond acceptors (Lipinski definition) is 21. The number of nitrogens with one attached hydrogen (secondary N) is 6. The van der Waals surface area contributed by atoms with Gasteiger partial charge in [0.25, 0.3) is 23.6 Å². The van der Waals surface area contributed by atoms with Crippen LogP contribution in [0.25, 0.3) is 50.8 Å². The Hall–Kier alpha value is -11.8. The fourth-order valence-corrected chi connectivity index (χ4v) is 15.1. The number of morpholine rings is 1. The molecule has 0 aliphatic carbocycles. The molecule has 14 rings (SSSR count).